The molecule has 194 valence electrons. The third-order valence-electron chi connectivity index (χ3n) is 5.42. The maximum Gasteiger partial charge on any atom is 0.335 e. The highest BCUT2D eigenvalue weighted by Crippen LogP contribution is 2.37. The molecule has 5 amide bonds. The number of nitrogens with zero attached hydrogens (tertiary/aromatic N) is 1. The number of phenolic OH excluding ortho intramolecular Hbond substituents is 1. The number of hydrogen-bond donors (Lipinski definition) is 3. The van der Waals surface area contributed by atoms with Crippen LogP contribution in [0, 0.1) is 6.92 Å². The van der Waals surface area contributed by atoms with Gasteiger partial charge in [0.1, 0.15) is 11.3 Å². The zero-order valence-electron chi connectivity index (χ0n) is 20.3. The lowest BCUT2D eigenvalue weighted by molar-refractivity contribution is -0.122. The van der Waals surface area contributed by atoms with Gasteiger partial charge in [-0.1, -0.05) is 12.1 Å². The summed E-state index contributed by atoms with van der Waals surface area (Å²) in [5, 5.41) is 14.4. The second-order valence-electron chi connectivity index (χ2n) is 8.21. The van der Waals surface area contributed by atoms with Crippen molar-refractivity contribution >= 4 is 57.1 Å². The molecule has 0 aromatic heterocycles. The smallest absolute Gasteiger partial charge is 0.335 e. The molecule has 1 aliphatic heterocycles. The molecule has 1 saturated heterocycles. The van der Waals surface area contributed by atoms with Gasteiger partial charge < -0.3 is 19.9 Å². The van der Waals surface area contributed by atoms with Gasteiger partial charge >= 0.3 is 6.03 Å². The minimum Gasteiger partial charge on any atom is -0.508 e. The van der Waals surface area contributed by atoms with Gasteiger partial charge in [-0.3, -0.25) is 19.7 Å². The standard InChI is InChI=1S/C27H22BrN3O7/c1-15-4-3-5-17(10-15)29-23(33)14-38-24-21(28)12-16(13-22(24)37-2)11-20-25(34)30-27(36)31(26(20)35)18-6-8-19(32)9-7-18/h3-13,32H,14H2,1-2H3,(H,29,33)(H,30,34,36)/b20-11+. The van der Waals surface area contributed by atoms with Crippen LogP contribution >= 0.6 is 15.9 Å². The van der Waals surface area contributed by atoms with E-state index in [1.807, 2.05) is 25.1 Å². The molecule has 11 heteroatoms. The largest absolute Gasteiger partial charge is 0.508 e. The predicted octanol–water partition coefficient (Wildman–Crippen LogP) is 4.16. The SMILES string of the molecule is COc1cc(/C=C2\C(=O)NC(=O)N(c3ccc(O)cc3)C2=O)cc(Br)c1OCC(=O)Nc1cccc(C)c1. The van der Waals surface area contributed by atoms with Crippen molar-refractivity contribution in [2.45, 2.75) is 6.92 Å². The quantitative estimate of drug-likeness (QED) is 0.282. The third-order valence-corrected chi connectivity index (χ3v) is 6.01. The van der Waals surface area contributed by atoms with Crippen molar-refractivity contribution in [3.8, 4) is 17.2 Å². The Morgan fingerprint density at radius 3 is 2.53 bits per heavy atom. The Hall–Kier alpha value is -4.64. The third kappa shape index (κ3) is 5.84. The second kappa shape index (κ2) is 11.2. The van der Waals surface area contributed by atoms with Crippen molar-refractivity contribution in [1.29, 1.82) is 0 Å². The topological polar surface area (TPSA) is 134 Å². The Morgan fingerprint density at radius 1 is 1.11 bits per heavy atom. The van der Waals surface area contributed by atoms with E-state index >= 15 is 0 Å². The van der Waals surface area contributed by atoms with E-state index in [2.05, 4.69) is 26.6 Å². The van der Waals surface area contributed by atoms with Gasteiger partial charge in [-0.2, -0.15) is 0 Å². The van der Waals surface area contributed by atoms with Gasteiger partial charge in [-0.05, 0) is 88.6 Å². The lowest BCUT2D eigenvalue weighted by Gasteiger charge is -2.26. The maximum atomic E-state index is 13.1. The van der Waals surface area contributed by atoms with Crippen LogP contribution in [0.15, 0.2) is 70.7 Å². The minimum absolute atomic E-state index is 0.0441. The van der Waals surface area contributed by atoms with E-state index in [1.165, 1.54) is 43.5 Å². The summed E-state index contributed by atoms with van der Waals surface area (Å²) in [5.41, 5.74) is 1.91. The van der Waals surface area contributed by atoms with Gasteiger partial charge in [0.15, 0.2) is 18.1 Å². The summed E-state index contributed by atoms with van der Waals surface area (Å²) < 4.78 is 11.5. The Labute approximate surface area is 226 Å². The molecule has 0 atom stereocenters. The number of amides is 5. The molecular formula is C27H22BrN3O7. The van der Waals surface area contributed by atoms with Gasteiger partial charge in [0.25, 0.3) is 17.7 Å². The Kier molecular flexibility index (Phi) is 7.77. The average Bonchev–Trinajstić information content (AvgIpc) is 2.86. The fraction of sp³-hybridized carbons (Fsp3) is 0.111. The number of hydrogen-bond acceptors (Lipinski definition) is 7. The van der Waals surface area contributed by atoms with Gasteiger partial charge in [0, 0.05) is 5.69 Å². The molecule has 3 aromatic rings. The first-order chi connectivity index (χ1) is 18.2. The Morgan fingerprint density at radius 2 is 1.84 bits per heavy atom. The lowest BCUT2D eigenvalue weighted by Crippen LogP contribution is -2.54. The highest BCUT2D eigenvalue weighted by Gasteiger charge is 2.36. The van der Waals surface area contributed by atoms with Crippen molar-refractivity contribution in [2.75, 3.05) is 23.9 Å². The van der Waals surface area contributed by atoms with Crippen molar-refractivity contribution in [3.63, 3.8) is 0 Å². The van der Waals surface area contributed by atoms with E-state index in [0.717, 1.165) is 10.5 Å². The number of nitrogens with one attached hydrogen (secondary N) is 2. The molecule has 10 nitrogen and oxygen atoms in total. The molecule has 3 N–H and O–H groups in total. The molecule has 38 heavy (non-hydrogen) atoms. The predicted molar refractivity (Wildman–Crippen MR) is 143 cm³/mol. The number of rotatable bonds is 7. The number of urea groups is 1. The molecule has 1 fully saturated rings. The number of ether oxygens (including phenoxy) is 2. The van der Waals surface area contributed by atoms with Crippen molar-refractivity contribution < 1.29 is 33.8 Å². The van der Waals surface area contributed by atoms with Gasteiger partial charge in [-0.25, -0.2) is 9.69 Å². The maximum absolute atomic E-state index is 13.1. The zero-order valence-corrected chi connectivity index (χ0v) is 21.9. The van der Waals surface area contributed by atoms with E-state index in [4.69, 9.17) is 9.47 Å². The number of halogens is 1. The van der Waals surface area contributed by atoms with E-state index in [9.17, 15) is 24.3 Å². The van der Waals surface area contributed by atoms with Crippen LogP contribution in [-0.4, -0.2) is 42.6 Å². The highest BCUT2D eigenvalue weighted by atomic mass is 79.9. The van der Waals surface area contributed by atoms with Crippen LogP contribution in [0.1, 0.15) is 11.1 Å². The minimum atomic E-state index is -0.908. The van der Waals surface area contributed by atoms with Crippen molar-refractivity contribution in [1.82, 2.24) is 5.32 Å². The van der Waals surface area contributed by atoms with Crippen LogP contribution in [0.25, 0.3) is 6.08 Å². The van der Waals surface area contributed by atoms with Crippen LogP contribution in [0.2, 0.25) is 0 Å². The molecule has 0 saturated carbocycles. The summed E-state index contributed by atoms with van der Waals surface area (Å²) in [6.07, 6.45) is 1.30. The van der Waals surface area contributed by atoms with E-state index in [1.54, 1.807) is 12.1 Å². The lowest BCUT2D eigenvalue weighted by atomic mass is 10.1. The number of methoxy groups -OCH3 is 1. The molecule has 0 radical (unpaired) electrons. The summed E-state index contributed by atoms with van der Waals surface area (Å²) in [7, 11) is 1.40. The fourth-order valence-corrected chi connectivity index (χ4v) is 4.26. The van der Waals surface area contributed by atoms with Gasteiger partial charge in [0.05, 0.1) is 17.3 Å². The molecule has 0 unspecified atom stereocenters. The van der Waals surface area contributed by atoms with Crippen LogP contribution in [0.3, 0.4) is 0 Å². The highest BCUT2D eigenvalue weighted by molar-refractivity contribution is 9.10. The molecule has 4 rings (SSSR count). The van der Waals surface area contributed by atoms with Crippen LogP contribution in [0.4, 0.5) is 16.2 Å². The summed E-state index contributed by atoms with van der Waals surface area (Å²) in [5.74, 6) is -1.64. The number of barbiturate groups is 1. The summed E-state index contributed by atoms with van der Waals surface area (Å²) in [4.78, 5) is 51.1. The first-order valence-corrected chi connectivity index (χ1v) is 12.0. The van der Waals surface area contributed by atoms with E-state index in [0.29, 0.717) is 15.7 Å². The molecule has 0 spiro atoms. The van der Waals surface area contributed by atoms with Crippen molar-refractivity contribution in [2.24, 2.45) is 0 Å². The molecular weight excluding hydrogens is 558 g/mol. The summed E-state index contributed by atoms with van der Waals surface area (Å²) >= 11 is 3.39. The normalized spacial score (nSPS) is 14.3. The number of imide groups is 2. The monoisotopic (exact) mass is 579 g/mol. The Balaban J connectivity index is 1.55. The van der Waals surface area contributed by atoms with E-state index < -0.39 is 17.8 Å². The van der Waals surface area contributed by atoms with Gasteiger partial charge in [-0.15, -0.1) is 0 Å². The molecule has 1 heterocycles. The molecule has 3 aromatic carbocycles. The summed E-state index contributed by atoms with van der Waals surface area (Å²) in [6.45, 7) is 1.62. The molecule has 1 aliphatic rings. The van der Waals surface area contributed by atoms with Crippen LogP contribution in [0.5, 0.6) is 17.2 Å². The average molecular weight is 580 g/mol. The number of benzene rings is 3. The number of anilines is 2. The van der Waals surface area contributed by atoms with E-state index in [-0.39, 0.29) is 41.0 Å². The number of phenols is 1. The Bertz CT molecular complexity index is 1470. The zero-order chi connectivity index (χ0) is 27.4. The number of carbonyl (C=O) groups is 4. The van der Waals surface area contributed by atoms with Crippen LogP contribution in [-0.2, 0) is 14.4 Å². The first kappa shape index (κ1) is 26.4. The van der Waals surface area contributed by atoms with Gasteiger partial charge in [0.2, 0.25) is 0 Å². The fourth-order valence-electron chi connectivity index (χ4n) is 3.68. The number of aryl methyl sites for hydroxylation is 1. The first-order valence-electron chi connectivity index (χ1n) is 11.2. The molecule has 0 bridgehead atoms. The van der Waals surface area contributed by atoms with Crippen molar-refractivity contribution in [3.05, 3.63) is 81.8 Å². The summed E-state index contributed by atoms with van der Waals surface area (Å²) in [6, 6.07) is 14.9. The number of aromatic hydroxyl groups is 1. The second-order valence-corrected chi connectivity index (χ2v) is 9.07. The number of carbonyl (C=O) groups excluding carboxylic acids is 4. The van der Waals surface area contributed by atoms with Crippen LogP contribution < -0.4 is 25.0 Å². The molecule has 0 aliphatic carbocycles.